The van der Waals surface area contributed by atoms with Gasteiger partial charge in [-0.1, -0.05) is 437 Å². The molecule has 0 amide bonds. The molecule has 4 heteroatoms. The van der Waals surface area contributed by atoms with Gasteiger partial charge in [0.05, 0.1) is 0 Å². The Morgan fingerprint density at radius 1 is 0.0946 bits per heavy atom. The van der Waals surface area contributed by atoms with Crippen molar-refractivity contribution < 1.29 is 17.7 Å². The highest BCUT2D eigenvalue weighted by atomic mass is 16.3. The average molecular weight is 1880 g/mol. The van der Waals surface area contributed by atoms with Crippen LogP contribution in [0.2, 0.25) is 0 Å². The molecule has 4 nitrogen and oxygen atoms in total. The van der Waals surface area contributed by atoms with Crippen molar-refractivity contribution >= 4 is 217 Å². The molecule has 32 rings (SSSR count). The van der Waals surface area contributed by atoms with E-state index in [0.29, 0.717) is 0 Å². The van der Waals surface area contributed by atoms with Crippen molar-refractivity contribution in [3.8, 4) is 111 Å². The van der Waals surface area contributed by atoms with Crippen LogP contribution in [0.5, 0.6) is 0 Å². The van der Waals surface area contributed by atoms with E-state index in [-0.39, 0.29) is 0 Å². The van der Waals surface area contributed by atoms with Crippen LogP contribution in [-0.4, -0.2) is 0 Å². The Kier molecular flexibility index (Phi) is 18.6. The van der Waals surface area contributed by atoms with Gasteiger partial charge in [-0.05, 0) is 303 Å². The van der Waals surface area contributed by atoms with Crippen molar-refractivity contribution in [2.24, 2.45) is 0 Å². The smallest absolute Gasteiger partial charge is 0.136 e. The van der Waals surface area contributed by atoms with Gasteiger partial charge < -0.3 is 17.7 Å². The first kappa shape index (κ1) is 83.1. The van der Waals surface area contributed by atoms with Gasteiger partial charge in [0.1, 0.15) is 44.7 Å². The standard InChI is InChI=1S/2C72H42O2/c1-3-17-43(18-4-1)47-25-13-31-53-59(47)41-60-48(44-19-5-2-6-20-44)26-14-32-54(60)69(53)70-55-33-15-27-49(51-29-11-21-45-37-39-65-71(67(45)51)57-23-7-9-35-63(57)73-65)61(55)42-62-50(28-16-34-56(62)70)52-30-12-22-46-38-40-66-72(68(46)52)58-24-8-10-36-64(58)74-66;1-3-17-43(18-4-1)45-23-11-31-55-61(45)41-62-46(44-19-5-2-6-20-44)24-12-32-56(62)71(55)72-57-33-15-27-49(47-25-13-29-53-51(47)37-39-67-69(53)59-21-7-9-35-65(59)73-67)63(57)42-64-50(28-16-34-58(64)72)48-26-14-30-54-52(48)38-40-68-70(54)60-22-8-10-36-66(60)74-68/h2*1-42H. The van der Waals surface area contributed by atoms with Gasteiger partial charge in [0.25, 0.3) is 0 Å². The summed E-state index contributed by atoms with van der Waals surface area (Å²) in [6.07, 6.45) is 0. The number of fused-ring (bicyclic) bond motifs is 28. The van der Waals surface area contributed by atoms with E-state index in [1.54, 1.807) is 0 Å². The van der Waals surface area contributed by atoms with Gasteiger partial charge in [-0.2, -0.15) is 0 Å². The largest absolute Gasteiger partial charge is 0.456 e. The van der Waals surface area contributed by atoms with Crippen LogP contribution in [0.3, 0.4) is 0 Å². The maximum absolute atomic E-state index is 6.58. The molecule has 0 radical (unpaired) electrons. The number of hydrogen-bond acceptors (Lipinski definition) is 4. The lowest BCUT2D eigenvalue weighted by Gasteiger charge is -2.22. The molecule has 0 aliphatic rings. The number of rotatable bonds is 10. The van der Waals surface area contributed by atoms with Crippen molar-refractivity contribution in [3.05, 3.63) is 510 Å². The van der Waals surface area contributed by atoms with E-state index in [1.807, 2.05) is 12.1 Å². The van der Waals surface area contributed by atoms with Crippen LogP contribution in [-0.2, 0) is 0 Å². The molecule has 0 saturated heterocycles. The highest BCUT2D eigenvalue weighted by molar-refractivity contribution is 6.35. The van der Waals surface area contributed by atoms with Crippen molar-refractivity contribution in [2.75, 3.05) is 0 Å². The number of benzene rings is 28. The minimum absolute atomic E-state index is 0.888. The van der Waals surface area contributed by atoms with Crippen molar-refractivity contribution in [1.82, 2.24) is 0 Å². The van der Waals surface area contributed by atoms with Crippen LogP contribution in [0, 0.1) is 0 Å². The fraction of sp³-hybridized carbons (Fsp3) is 0. The molecule has 0 aliphatic heterocycles. The summed E-state index contributed by atoms with van der Waals surface area (Å²) in [4.78, 5) is 0. The third-order valence-electron chi connectivity index (χ3n) is 31.7. The second kappa shape index (κ2) is 33.0. The number of para-hydroxylation sites is 4. The van der Waals surface area contributed by atoms with Gasteiger partial charge in [0.2, 0.25) is 0 Å². The highest BCUT2D eigenvalue weighted by Gasteiger charge is 2.30. The summed E-state index contributed by atoms with van der Waals surface area (Å²) < 4.78 is 26.1. The van der Waals surface area contributed by atoms with Crippen LogP contribution >= 0.6 is 0 Å². The van der Waals surface area contributed by atoms with Crippen molar-refractivity contribution in [2.45, 2.75) is 0 Å². The molecule has 4 aromatic heterocycles. The molecular weight excluding hydrogens is 1790 g/mol. The summed E-state index contributed by atoms with van der Waals surface area (Å²) in [6, 6.07) is 187. The Balaban J connectivity index is 0.000000134. The molecular formula is C144H84O4. The van der Waals surface area contributed by atoms with E-state index < -0.39 is 0 Å². The van der Waals surface area contributed by atoms with Crippen LogP contribution in [0.1, 0.15) is 0 Å². The summed E-state index contributed by atoms with van der Waals surface area (Å²) >= 11 is 0. The van der Waals surface area contributed by atoms with Crippen LogP contribution in [0.4, 0.5) is 0 Å². The molecule has 0 saturated carbocycles. The van der Waals surface area contributed by atoms with E-state index in [2.05, 4.69) is 497 Å². The van der Waals surface area contributed by atoms with Gasteiger partial charge in [-0.3, -0.25) is 0 Å². The molecule has 32 aromatic rings. The Morgan fingerprint density at radius 3 is 0.574 bits per heavy atom. The van der Waals surface area contributed by atoms with Crippen LogP contribution in [0.15, 0.2) is 527 Å². The summed E-state index contributed by atoms with van der Waals surface area (Å²) in [6.45, 7) is 0. The quantitative estimate of drug-likeness (QED) is 0.128. The molecule has 0 spiro atoms. The van der Waals surface area contributed by atoms with Crippen LogP contribution in [0.25, 0.3) is 328 Å². The molecule has 0 aliphatic carbocycles. The first-order valence-electron chi connectivity index (χ1n) is 51.0. The van der Waals surface area contributed by atoms with E-state index in [4.69, 9.17) is 17.7 Å². The van der Waals surface area contributed by atoms with Gasteiger partial charge in [0.15, 0.2) is 0 Å². The lowest BCUT2D eigenvalue weighted by molar-refractivity contribution is 0.669. The Bertz CT molecular complexity index is 10700. The zero-order valence-corrected chi connectivity index (χ0v) is 80.1. The lowest BCUT2D eigenvalue weighted by atomic mass is 9.81. The first-order valence-corrected chi connectivity index (χ1v) is 51.0. The number of furan rings is 4. The summed E-state index contributed by atoms with van der Waals surface area (Å²) in [5.74, 6) is 0. The maximum Gasteiger partial charge on any atom is 0.136 e. The Labute approximate surface area is 849 Å². The minimum atomic E-state index is 0.888. The fourth-order valence-electron chi connectivity index (χ4n) is 25.4. The summed E-state index contributed by atoms with van der Waals surface area (Å²) in [7, 11) is 0. The minimum Gasteiger partial charge on any atom is -0.456 e. The molecule has 0 fully saturated rings. The predicted octanol–water partition coefficient (Wildman–Crippen LogP) is 41.5. The molecule has 684 valence electrons. The second-order valence-corrected chi connectivity index (χ2v) is 39.4. The van der Waals surface area contributed by atoms with Gasteiger partial charge in [-0.25, -0.2) is 0 Å². The SMILES string of the molecule is c1ccc(-c2cccc3c(-c4c5cccc(-c6cccc7c6ccc6oc8ccccc8c67)c5cc5c(-c6cccc7c6ccc6oc8ccccc8c67)cccc45)c4cccc(-c5ccccc5)c4cc23)cc1.c1ccc(-c2cccc3c(-c4c5cccc(-c6cccc7ccc8oc9ccccc9c8c67)c5cc5c(-c6cccc7ccc8oc9ccccc9c8c67)cccc45)c4cccc(-c5ccccc5)c4cc23)cc1. The van der Waals surface area contributed by atoms with Gasteiger partial charge >= 0.3 is 0 Å². The monoisotopic (exact) mass is 1880 g/mol. The van der Waals surface area contributed by atoms with E-state index in [1.165, 1.54) is 241 Å². The van der Waals surface area contributed by atoms with E-state index in [0.717, 1.165) is 87.8 Å². The zero-order valence-electron chi connectivity index (χ0n) is 80.1. The predicted molar refractivity (Wildman–Crippen MR) is 626 cm³/mol. The fourth-order valence-corrected chi connectivity index (χ4v) is 25.4. The maximum atomic E-state index is 6.58. The topological polar surface area (TPSA) is 52.6 Å². The first-order chi connectivity index (χ1) is 73.5. The average Bonchev–Trinajstić information content (AvgIpc) is 0.761. The van der Waals surface area contributed by atoms with Gasteiger partial charge in [0, 0.05) is 53.9 Å². The molecule has 0 N–H and O–H groups in total. The Morgan fingerprint density at radius 2 is 0.291 bits per heavy atom. The molecule has 0 unspecified atom stereocenters. The molecule has 28 aromatic carbocycles. The lowest BCUT2D eigenvalue weighted by Crippen LogP contribution is -1.95. The second-order valence-electron chi connectivity index (χ2n) is 39.4. The number of hydrogen-bond donors (Lipinski definition) is 0. The molecule has 4 heterocycles. The Hall–Kier alpha value is -19.5. The van der Waals surface area contributed by atoms with Crippen molar-refractivity contribution in [1.29, 1.82) is 0 Å². The molecule has 0 bridgehead atoms. The normalized spacial score (nSPS) is 12.1. The van der Waals surface area contributed by atoms with E-state index >= 15 is 0 Å². The van der Waals surface area contributed by atoms with Crippen LogP contribution < -0.4 is 0 Å². The molecule has 0 atom stereocenters. The highest BCUT2D eigenvalue weighted by Crippen LogP contribution is 2.57. The van der Waals surface area contributed by atoms with Gasteiger partial charge in [-0.15, -0.1) is 0 Å². The third kappa shape index (κ3) is 12.7. The van der Waals surface area contributed by atoms with Crippen molar-refractivity contribution in [3.63, 3.8) is 0 Å². The summed E-state index contributed by atoms with van der Waals surface area (Å²) in [5.41, 5.74) is 31.1. The zero-order chi connectivity index (χ0) is 96.9. The summed E-state index contributed by atoms with van der Waals surface area (Å²) in [5, 5.41) is 37.8. The van der Waals surface area contributed by atoms with E-state index in [9.17, 15) is 0 Å². The third-order valence-corrected chi connectivity index (χ3v) is 31.7. The molecule has 148 heavy (non-hydrogen) atoms.